The molecule has 1 aromatic heterocycles. The zero-order valence-corrected chi connectivity index (χ0v) is 17.5. The summed E-state index contributed by atoms with van der Waals surface area (Å²) in [4.78, 5) is 19.1. The standard InChI is InChI=1S/C22H20ClN5O3/c1-30-18-9-8-15(12-19(18)31-11-5-10-23)14-25-28-22-26-20(16-6-3-2-4-7-16)17(13-24)21(29)27-22/h2-4,6-9,12,14H,5,10-11H2,1H3,(H2,26,27,28,29). The number of hydrogen-bond acceptors (Lipinski definition) is 7. The lowest BCUT2D eigenvalue weighted by Gasteiger charge is -2.10. The first-order valence-electron chi connectivity index (χ1n) is 9.42. The van der Waals surface area contributed by atoms with Gasteiger partial charge in [0.25, 0.3) is 5.56 Å². The van der Waals surface area contributed by atoms with Crippen molar-refractivity contribution in [2.75, 3.05) is 25.0 Å². The summed E-state index contributed by atoms with van der Waals surface area (Å²) in [5.74, 6) is 1.80. The number of methoxy groups -OCH3 is 1. The summed E-state index contributed by atoms with van der Waals surface area (Å²) in [5.41, 5.74) is 3.78. The van der Waals surface area contributed by atoms with E-state index in [2.05, 4.69) is 20.5 Å². The molecule has 3 aromatic rings. The van der Waals surface area contributed by atoms with Crippen LogP contribution in [-0.2, 0) is 0 Å². The van der Waals surface area contributed by atoms with Crippen LogP contribution in [0.3, 0.4) is 0 Å². The quantitative estimate of drug-likeness (QED) is 0.228. The number of aromatic nitrogens is 2. The van der Waals surface area contributed by atoms with Gasteiger partial charge in [-0.15, -0.1) is 11.6 Å². The van der Waals surface area contributed by atoms with Crippen molar-refractivity contribution in [1.29, 1.82) is 5.26 Å². The maximum atomic E-state index is 12.3. The molecule has 2 N–H and O–H groups in total. The van der Waals surface area contributed by atoms with Gasteiger partial charge in [-0.25, -0.2) is 10.4 Å². The summed E-state index contributed by atoms with van der Waals surface area (Å²) in [6.45, 7) is 0.470. The molecule has 0 amide bonds. The van der Waals surface area contributed by atoms with Crippen LogP contribution < -0.4 is 20.5 Å². The molecule has 31 heavy (non-hydrogen) atoms. The third kappa shape index (κ3) is 5.62. The van der Waals surface area contributed by atoms with Crippen LogP contribution in [0.5, 0.6) is 11.5 Å². The Labute approximate surface area is 184 Å². The van der Waals surface area contributed by atoms with Crippen molar-refractivity contribution in [3.63, 3.8) is 0 Å². The lowest BCUT2D eigenvalue weighted by atomic mass is 10.1. The van der Waals surface area contributed by atoms with Crippen molar-refractivity contribution in [2.45, 2.75) is 6.42 Å². The van der Waals surface area contributed by atoms with Crippen LogP contribution in [0.15, 0.2) is 58.4 Å². The van der Waals surface area contributed by atoms with Gasteiger partial charge in [0.15, 0.2) is 11.5 Å². The summed E-state index contributed by atoms with van der Waals surface area (Å²) in [5, 5.41) is 13.5. The molecule has 8 nitrogen and oxygen atoms in total. The molecule has 0 aliphatic carbocycles. The van der Waals surface area contributed by atoms with Crippen molar-refractivity contribution in [3.05, 3.63) is 70.0 Å². The van der Waals surface area contributed by atoms with Gasteiger partial charge in [0, 0.05) is 11.4 Å². The molecule has 0 bridgehead atoms. The second-order valence-corrected chi connectivity index (χ2v) is 6.67. The Hall–Kier alpha value is -3.83. The number of nitriles is 1. The normalized spacial score (nSPS) is 10.6. The van der Waals surface area contributed by atoms with Crippen LogP contribution in [0, 0.1) is 11.3 Å². The minimum atomic E-state index is -0.548. The predicted molar refractivity (Wildman–Crippen MR) is 120 cm³/mol. The highest BCUT2D eigenvalue weighted by Gasteiger charge is 2.13. The molecule has 0 radical (unpaired) electrons. The highest BCUT2D eigenvalue weighted by atomic mass is 35.5. The van der Waals surface area contributed by atoms with Crippen molar-refractivity contribution < 1.29 is 9.47 Å². The van der Waals surface area contributed by atoms with Gasteiger partial charge < -0.3 is 9.47 Å². The zero-order valence-electron chi connectivity index (χ0n) is 16.8. The number of anilines is 1. The molecule has 9 heteroatoms. The fourth-order valence-electron chi connectivity index (χ4n) is 2.73. The Bertz CT molecular complexity index is 1160. The Kier molecular flexibility index (Phi) is 7.62. The molecule has 1 heterocycles. The molecule has 0 saturated heterocycles. The number of hydrogen-bond donors (Lipinski definition) is 2. The number of halogens is 1. The Morgan fingerprint density at radius 2 is 2.06 bits per heavy atom. The second-order valence-electron chi connectivity index (χ2n) is 6.29. The molecule has 0 spiro atoms. The van der Waals surface area contributed by atoms with Crippen LogP contribution in [-0.4, -0.2) is 35.8 Å². The number of nitrogens with one attached hydrogen (secondary N) is 2. The van der Waals surface area contributed by atoms with Crippen LogP contribution in [0.1, 0.15) is 17.5 Å². The van der Waals surface area contributed by atoms with Gasteiger partial charge in [0.1, 0.15) is 11.6 Å². The molecule has 3 rings (SSSR count). The van der Waals surface area contributed by atoms with Gasteiger partial charge in [-0.05, 0) is 30.2 Å². The average molecular weight is 438 g/mol. The van der Waals surface area contributed by atoms with E-state index in [1.54, 1.807) is 49.7 Å². The lowest BCUT2D eigenvalue weighted by Crippen LogP contribution is -2.16. The van der Waals surface area contributed by atoms with Gasteiger partial charge >= 0.3 is 0 Å². The number of nitrogens with zero attached hydrogens (tertiary/aromatic N) is 3. The van der Waals surface area contributed by atoms with Crippen molar-refractivity contribution in [1.82, 2.24) is 9.97 Å². The summed E-state index contributed by atoms with van der Waals surface area (Å²) in [7, 11) is 1.57. The van der Waals surface area contributed by atoms with Crippen molar-refractivity contribution >= 4 is 23.8 Å². The molecular formula is C22H20ClN5O3. The first-order valence-corrected chi connectivity index (χ1v) is 9.95. The number of ether oxygens (including phenoxy) is 2. The Morgan fingerprint density at radius 3 is 2.77 bits per heavy atom. The van der Waals surface area contributed by atoms with E-state index in [4.69, 9.17) is 21.1 Å². The molecular weight excluding hydrogens is 418 g/mol. The molecule has 0 unspecified atom stereocenters. The van der Waals surface area contributed by atoms with Gasteiger partial charge in [-0.3, -0.25) is 9.78 Å². The number of aromatic amines is 1. The molecule has 0 aliphatic rings. The van der Waals surface area contributed by atoms with Crippen LogP contribution in [0.2, 0.25) is 0 Å². The second kappa shape index (κ2) is 10.8. The van der Waals surface area contributed by atoms with Crippen LogP contribution >= 0.6 is 11.6 Å². The van der Waals surface area contributed by atoms with Gasteiger partial charge in [0.2, 0.25) is 5.95 Å². The van der Waals surface area contributed by atoms with Gasteiger partial charge in [0.05, 0.1) is 25.6 Å². The fourth-order valence-corrected chi connectivity index (χ4v) is 2.83. The third-order valence-corrected chi connectivity index (χ3v) is 4.45. The minimum Gasteiger partial charge on any atom is -0.493 e. The SMILES string of the molecule is COc1ccc(C=NNc2nc(-c3ccccc3)c(C#N)c(=O)[nH]2)cc1OCCCCl. The Morgan fingerprint density at radius 1 is 1.26 bits per heavy atom. The van der Waals surface area contributed by atoms with Crippen molar-refractivity contribution in [3.8, 4) is 28.8 Å². The van der Waals surface area contributed by atoms with E-state index in [1.807, 2.05) is 18.2 Å². The number of H-pyrrole nitrogens is 1. The van der Waals surface area contributed by atoms with E-state index in [9.17, 15) is 10.1 Å². The first kappa shape index (κ1) is 21.9. The summed E-state index contributed by atoms with van der Waals surface area (Å²) in [6, 6.07) is 16.3. The third-order valence-electron chi connectivity index (χ3n) is 4.19. The predicted octanol–water partition coefficient (Wildman–Crippen LogP) is 3.77. The minimum absolute atomic E-state index is 0.0605. The molecule has 158 valence electrons. The summed E-state index contributed by atoms with van der Waals surface area (Å²) >= 11 is 5.69. The molecule has 0 fully saturated rings. The van der Waals surface area contributed by atoms with E-state index in [1.165, 1.54) is 0 Å². The van der Waals surface area contributed by atoms with Gasteiger partial charge in [-0.2, -0.15) is 10.4 Å². The maximum absolute atomic E-state index is 12.3. The largest absolute Gasteiger partial charge is 0.493 e. The lowest BCUT2D eigenvalue weighted by molar-refractivity contribution is 0.295. The topological polar surface area (TPSA) is 112 Å². The Balaban J connectivity index is 1.81. The van der Waals surface area contributed by atoms with Crippen molar-refractivity contribution in [2.24, 2.45) is 5.10 Å². The zero-order chi connectivity index (χ0) is 22.1. The number of hydrazone groups is 1. The summed E-state index contributed by atoms with van der Waals surface area (Å²) in [6.07, 6.45) is 2.26. The van der Waals surface area contributed by atoms with E-state index in [0.717, 1.165) is 5.56 Å². The monoisotopic (exact) mass is 437 g/mol. The molecule has 0 saturated carbocycles. The average Bonchev–Trinajstić information content (AvgIpc) is 2.79. The molecule has 0 aliphatic heterocycles. The summed E-state index contributed by atoms with van der Waals surface area (Å²) < 4.78 is 11.0. The van der Waals surface area contributed by atoms with Crippen LogP contribution in [0.25, 0.3) is 11.3 Å². The fraction of sp³-hybridized carbons (Fsp3) is 0.182. The first-order chi connectivity index (χ1) is 15.2. The maximum Gasteiger partial charge on any atom is 0.270 e. The molecule has 0 atom stereocenters. The number of benzene rings is 2. The number of rotatable bonds is 9. The van der Waals surface area contributed by atoms with Crippen LogP contribution in [0.4, 0.5) is 5.95 Å². The van der Waals surface area contributed by atoms with E-state index in [-0.39, 0.29) is 17.2 Å². The highest BCUT2D eigenvalue weighted by Crippen LogP contribution is 2.27. The van der Waals surface area contributed by atoms with E-state index >= 15 is 0 Å². The van der Waals surface area contributed by atoms with E-state index < -0.39 is 5.56 Å². The van der Waals surface area contributed by atoms with E-state index in [0.29, 0.717) is 36.0 Å². The number of alkyl halides is 1. The smallest absolute Gasteiger partial charge is 0.270 e. The van der Waals surface area contributed by atoms with Gasteiger partial charge in [-0.1, -0.05) is 30.3 Å². The highest BCUT2D eigenvalue weighted by molar-refractivity contribution is 6.17. The molecule has 2 aromatic carbocycles.